The van der Waals surface area contributed by atoms with Gasteiger partial charge in [-0.25, -0.2) is 4.90 Å². The third kappa shape index (κ3) is 4.86. The highest BCUT2D eigenvalue weighted by Crippen LogP contribution is 2.36. The summed E-state index contributed by atoms with van der Waals surface area (Å²) in [6, 6.07) is 16.4. The Morgan fingerprint density at radius 1 is 0.889 bits per heavy atom. The molecular formula is C26H21Cl2N3O5. The van der Waals surface area contributed by atoms with Gasteiger partial charge in [-0.15, -0.1) is 0 Å². The third-order valence-corrected chi connectivity index (χ3v) is 5.99. The number of halogens is 2. The van der Waals surface area contributed by atoms with E-state index in [1.807, 2.05) is 6.92 Å². The lowest BCUT2D eigenvalue weighted by Gasteiger charge is -2.18. The molecule has 3 aromatic rings. The van der Waals surface area contributed by atoms with Crippen molar-refractivity contribution >= 4 is 58.0 Å². The van der Waals surface area contributed by atoms with Crippen LogP contribution in [0.4, 0.5) is 17.1 Å². The smallest absolute Gasteiger partial charge is 0.283 e. The molecule has 8 nitrogen and oxygen atoms in total. The van der Waals surface area contributed by atoms with Crippen molar-refractivity contribution in [3.05, 3.63) is 87.5 Å². The van der Waals surface area contributed by atoms with Gasteiger partial charge >= 0.3 is 0 Å². The molecule has 10 heteroatoms. The summed E-state index contributed by atoms with van der Waals surface area (Å²) in [5, 5.41) is 5.79. The first-order valence-electron chi connectivity index (χ1n) is 10.7. The zero-order chi connectivity index (χ0) is 26.0. The molecule has 0 radical (unpaired) electrons. The van der Waals surface area contributed by atoms with Gasteiger partial charge in [0.2, 0.25) is 0 Å². The van der Waals surface area contributed by atoms with E-state index in [1.165, 1.54) is 20.3 Å². The summed E-state index contributed by atoms with van der Waals surface area (Å²) in [4.78, 5) is 39.9. The zero-order valence-electron chi connectivity index (χ0n) is 19.5. The minimum Gasteiger partial charge on any atom is -0.495 e. The number of hydrogen-bond donors (Lipinski definition) is 2. The minimum absolute atomic E-state index is 0.112. The van der Waals surface area contributed by atoms with E-state index >= 15 is 0 Å². The third-order valence-electron chi connectivity index (χ3n) is 5.41. The summed E-state index contributed by atoms with van der Waals surface area (Å²) in [7, 11) is 2.93. The standard InChI is InChI=1S/C26H21Cl2N3O5/c1-14-7-9-21(36-3)19(11-14)31-25(33)22(28)23(26(31)34)29-17-6-4-5-15(12-17)24(32)30-18-13-16(27)8-10-20(18)35-2/h4-13,29H,1-3H3,(H,30,32). The van der Waals surface area contributed by atoms with E-state index in [-0.39, 0.29) is 22.0 Å². The summed E-state index contributed by atoms with van der Waals surface area (Å²) >= 11 is 12.3. The fraction of sp³-hybridized carbons (Fsp3) is 0.115. The number of ether oxygens (including phenoxy) is 2. The largest absolute Gasteiger partial charge is 0.495 e. The van der Waals surface area contributed by atoms with Crippen molar-refractivity contribution in [3.8, 4) is 11.5 Å². The van der Waals surface area contributed by atoms with Crippen LogP contribution in [0.25, 0.3) is 0 Å². The molecule has 0 spiro atoms. The van der Waals surface area contributed by atoms with Crippen molar-refractivity contribution < 1.29 is 23.9 Å². The number of carbonyl (C=O) groups is 3. The topological polar surface area (TPSA) is 97.0 Å². The number of benzene rings is 3. The second kappa shape index (κ2) is 10.3. The Kier molecular flexibility index (Phi) is 7.19. The van der Waals surface area contributed by atoms with Crippen molar-refractivity contribution in [1.82, 2.24) is 0 Å². The molecule has 0 atom stereocenters. The number of rotatable bonds is 7. The summed E-state index contributed by atoms with van der Waals surface area (Å²) in [5.41, 5.74) is 2.07. The molecule has 0 bridgehead atoms. The maximum atomic E-state index is 13.2. The van der Waals surface area contributed by atoms with Gasteiger partial charge < -0.3 is 20.1 Å². The zero-order valence-corrected chi connectivity index (χ0v) is 21.0. The maximum absolute atomic E-state index is 13.2. The van der Waals surface area contributed by atoms with E-state index in [1.54, 1.807) is 54.6 Å². The van der Waals surface area contributed by atoms with Crippen LogP contribution in [0.3, 0.4) is 0 Å². The summed E-state index contributed by atoms with van der Waals surface area (Å²) in [6.45, 7) is 1.83. The van der Waals surface area contributed by atoms with Crippen molar-refractivity contribution in [2.75, 3.05) is 29.8 Å². The van der Waals surface area contributed by atoms with Gasteiger partial charge in [0.1, 0.15) is 22.2 Å². The highest BCUT2D eigenvalue weighted by molar-refractivity contribution is 6.53. The SMILES string of the molecule is COc1ccc(Cl)cc1NC(=O)c1cccc(NC2=C(Cl)C(=O)N(c3cc(C)ccc3OC)C2=O)c1. The molecule has 2 N–H and O–H groups in total. The number of amides is 3. The van der Waals surface area contributed by atoms with Crippen LogP contribution in [0, 0.1) is 6.92 Å². The fourth-order valence-corrected chi connectivity index (χ4v) is 4.04. The van der Waals surface area contributed by atoms with Crippen molar-refractivity contribution in [1.29, 1.82) is 0 Å². The van der Waals surface area contributed by atoms with Crippen LogP contribution in [-0.4, -0.2) is 31.9 Å². The van der Waals surface area contributed by atoms with Crippen LogP contribution in [0.1, 0.15) is 15.9 Å². The molecule has 1 heterocycles. The fourth-order valence-electron chi connectivity index (χ4n) is 3.66. The van der Waals surface area contributed by atoms with E-state index in [9.17, 15) is 14.4 Å². The first-order chi connectivity index (χ1) is 17.2. The van der Waals surface area contributed by atoms with E-state index in [4.69, 9.17) is 32.7 Å². The number of carbonyl (C=O) groups excluding carboxylic acids is 3. The molecule has 0 unspecified atom stereocenters. The molecule has 0 aromatic heterocycles. The lowest BCUT2D eigenvalue weighted by atomic mass is 10.1. The molecule has 184 valence electrons. The normalized spacial score (nSPS) is 13.2. The molecular weight excluding hydrogens is 505 g/mol. The Bertz CT molecular complexity index is 1420. The maximum Gasteiger partial charge on any atom is 0.283 e. The first-order valence-corrected chi connectivity index (χ1v) is 11.4. The van der Waals surface area contributed by atoms with Crippen LogP contribution < -0.4 is 25.0 Å². The van der Waals surface area contributed by atoms with Crippen LogP contribution in [-0.2, 0) is 9.59 Å². The van der Waals surface area contributed by atoms with Crippen molar-refractivity contribution in [2.45, 2.75) is 6.92 Å². The highest BCUT2D eigenvalue weighted by Gasteiger charge is 2.40. The second-order valence-corrected chi connectivity index (χ2v) is 8.63. The lowest BCUT2D eigenvalue weighted by Crippen LogP contribution is -2.32. The van der Waals surface area contributed by atoms with E-state index in [0.29, 0.717) is 27.9 Å². The quantitative estimate of drug-likeness (QED) is 0.403. The Morgan fingerprint density at radius 2 is 1.61 bits per heavy atom. The van der Waals surface area contributed by atoms with Crippen LogP contribution in [0.15, 0.2) is 71.4 Å². The average Bonchev–Trinajstić information content (AvgIpc) is 3.07. The van der Waals surface area contributed by atoms with E-state index in [0.717, 1.165) is 10.5 Å². The average molecular weight is 526 g/mol. The number of nitrogens with zero attached hydrogens (tertiary/aromatic N) is 1. The number of hydrogen-bond acceptors (Lipinski definition) is 6. The molecule has 4 rings (SSSR count). The van der Waals surface area contributed by atoms with Crippen LogP contribution >= 0.6 is 23.2 Å². The van der Waals surface area contributed by atoms with Gasteiger partial charge in [0.25, 0.3) is 17.7 Å². The lowest BCUT2D eigenvalue weighted by molar-refractivity contribution is -0.120. The van der Waals surface area contributed by atoms with Crippen LogP contribution in [0.2, 0.25) is 5.02 Å². The number of imide groups is 1. The number of methoxy groups -OCH3 is 2. The van der Waals surface area contributed by atoms with Crippen LogP contribution in [0.5, 0.6) is 11.5 Å². The molecule has 0 saturated heterocycles. The van der Waals surface area contributed by atoms with Crippen molar-refractivity contribution in [3.63, 3.8) is 0 Å². The van der Waals surface area contributed by atoms with Crippen molar-refractivity contribution in [2.24, 2.45) is 0 Å². The molecule has 3 amide bonds. The Labute approximate surface area is 217 Å². The molecule has 0 aliphatic carbocycles. The monoisotopic (exact) mass is 525 g/mol. The molecule has 1 aliphatic heterocycles. The first kappa shape index (κ1) is 25.1. The predicted molar refractivity (Wildman–Crippen MR) is 139 cm³/mol. The number of anilines is 3. The number of nitrogens with one attached hydrogen (secondary N) is 2. The summed E-state index contributed by atoms with van der Waals surface area (Å²) in [5.74, 6) is -0.967. The van der Waals surface area contributed by atoms with Gasteiger partial charge in [0, 0.05) is 16.3 Å². The molecule has 1 aliphatic rings. The molecule has 3 aromatic carbocycles. The van der Waals surface area contributed by atoms with Gasteiger partial charge in [-0.2, -0.15) is 0 Å². The van der Waals surface area contributed by atoms with Gasteiger partial charge in [-0.1, -0.05) is 35.3 Å². The highest BCUT2D eigenvalue weighted by atomic mass is 35.5. The molecule has 0 fully saturated rings. The molecule has 0 saturated carbocycles. The van der Waals surface area contributed by atoms with Gasteiger partial charge in [-0.05, 0) is 61.0 Å². The Morgan fingerprint density at radius 3 is 2.33 bits per heavy atom. The predicted octanol–water partition coefficient (Wildman–Crippen LogP) is 5.35. The van der Waals surface area contributed by atoms with E-state index < -0.39 is 17.7 Å². The summed E-state index contributed by atoms with van der Waals surface area (Å²) in [6.07, 6.45) is 0. The van der Waals surface area contributed by atoms with Gasteiger partial charge in [-0.3, -0.25) is 14.4 Å². The summed E-state index contributed by atoms with van der Waals surface area (Å²) < 4.78 is 10.6. The van der Waals surface area contributed by atoms with Gasteiger partial charge in [0.15, 0.2) is 0 Å². The Balaban J connectivity index is 1.58. The Hall–Kier alpha value is -4.01. The molecule has 36 heavy (non-hydrogen) atoms. The van der Waals surface area contributed by atoms with Gasteiger partial charge in [0.05, 0.1) is 25.6 Å². The number of aryl methyl sites for hydroxylation is 1. The second-order valence-electron chi connectivity index (χ2n) is 7.81. The minimum atomic E-state index is -0.685. The van der Waals surface area contributed by atoms with E-state index in [2.05, 4.69) is 10.6 Å².